The number of hydrogen-bond donors (Lipinski definition) is 3. The van der Waals surface area contributed by atoms with Crippen molar-refractivity contribution in [1.82, 2.24) is 0 Å². The third kappa shape index (κ3) is 7.75. The Morgan fingerprint density at radius 2 is 1.64 bits per heavy atom. The van der Waals surface area contributed by atoms with Crippen LogP contribution < -0.4 is 10.5 Å². The van der Waals surface area contributed by atoms with Gasteiger partial charge in [-0.05, 0) is 35.6 Å². The zero-order valence-electron chi connectivity index (χ0n) is 12.9. The number of hydrogen-bond acceptors (Lipinski definition) is 6. The highest BCUT2D eigenvalue weighted by molar-refractivity contribution is 7.12. The van der Waals surface area contributed by atoms with Crippen molar-refractivity contribution >= 4 is 35.2 Å². The lowest BCUT2D eigenvalue weighted by Gasteiger charge is -2.04. The van der Waals surface area contributed by atoms with Crippen molar-refractivity contribution in [3.05, 3.63) is 52.2 Å². The lowest BCUT2D eigenvalue weighted by Crippen LogP contribution is -2.21. The van der Waals surface area contributed by atoms with E-state index >= 15 is 0 Å². The van der Waals surface area contributed by atoms with Crippen LogP contribution >= 0.6 is 11.3 Å². The normalized spacial score (nSPS) is 9.44. The standard InChI is InChI=1S/C14H12O4S.C2H3NO3/c15-13(16)8-5-10-3-6-11(7-4-10)18-14(17)12-2-1-9-19-12;3-1(4)2(5)6/h1-4,6-7,9H,5,8H2,(H,15,16);(H2,3,4)(H,5,6). The Morgan fingerprint density at radius 3 is 2.08 bits per heavy atom. The molecule has 0 saturated carbocycles. The molecule has 0 aliphatic carbocycles. The van der Waals surface area contributed by atoms with E-state index in [4.69, 9.17) is 14.9 Å². The van der Waals surface area contributed by atoms with Crippen LogP contribution in [0, 0.1) is 0 Å². The summed E-state index contributed by atoms with van der Waals surface area (Å²) in [4.78, 5) is 41.2. The maximum Gasteiger partial charge on any atom is 0.394 e. The number of esters is 1. The van der Waals surface area contributed by atoms with Crippen molar-refractivity contribution in [2.24, 2.45) is 5.73 Å². The van der Waals surface area contributed by atoms with Gasteiger partial charge in [0.15, 0.2) is 0 Å². The topological polar surface area (TPSA) is 144 Å². The monoisotopic (exact) mass is 365 g/mol. The number of aryl methyl sites for hydroxylation is 1. The first-order chi connectivity index (χ1) is 11.8. The van der Waals surface area contributed by atoms with Crippen molar-refractivity contribution < 1.29 is 34.1 Å². The van der Waals surface area contributed by atoms with E-state index in [1.807, 2.05) is 5.38 Å². The fourth-order valence-corrected chi connectivity index (χ4v) is 2.13. The van der Waals surface area contributed by atoms with Gasteiger partial charge < -0.3 is 20.7 Å². The summed E-state index contributed by atoms with van der Waals surface area (Å²) in [6.07, 6.45) is 0.558. The third-order valence-electron chi connectivity index (χ3n) is 2.69. The Kier molecular flexibility index (Phi) is 7.80. The van der Waals surface area contributed by atoms with Gasteiger partial charge in [-0.1, -0.05) is 18.2 Å². The number of nitrogens with two attached hydrogens (primary N) is 1. The summed E-state index contributed by atoms with van der Waals surface area (Å²) in [5, 5.41) is 17.9. The number of carbonyl (C=O) groups excluding carboxylic acids is 2. The number of ether oxygens (including phenoxy) is 1. The quantitative estimate of drug-likeness (QED) is 0.414. The lowest BCUT2D eigenvalue weighted by molar-refractivity contribution is -0.148. The molecule has 0 aliphatic heterocycles. The van der Waals surface area contributed by atoms with Gasteiger partial charge >= 0.3 is 23.8 Å². The number of primary amides is 1. The first-order valence-electron chi connectivity index (χ1n) is 6.88. The minimum atomic E-state index is -1.60. The van der Waals surface area contributed by atoms with E-state index in [1.165, 1.54) is 11.3 Å². The van der Waals surface area contributed by atoms with Crippen LogP contribution in [0.2, 0.25) is 0 Å². The first kappa shape index (κ1) is 19.8. The van der Waals surface area contributed by atoms with Gasteiger partial charge in [-0.15, -0.1) is 11.3 Å². The van der Waals surface area contributed by atoms with Crippen molar-refractivity contribution in [3.63, 3.8) is 0 Å². The number of amides is 1. The van der Waals surface area contributed by atoms with Gasteiger partial charge in [0, 0.05) is 6.42 Å². The molecule has 0 atom stereocenters. The molecule has 0 spiro atoms. The van der Waals surface area contributed by atoms with Crippen LogP contribution in [0.15, 0.2) is 41.8 Å². The Balaban J connectivity index is 0.000000450. The largest absolute Gasteiger partial charge is 0.481 e. The lowest BCUT2D eigenvalue weighted by atomic mass is 10.1. The maximum absolute atomic E-state index is 11.7. The van der Waals surface area contributed by atoms with E-state index < -0.39 is 17.8 Å². The number of benzene rings is 1. The van der Waals surface area contributed by atoms with E-state index in [0.29, 0.717) is 17.0 Å². The zero-order valence-corrected chi connectivity index (χ0v) is 13.7. The molecule has 9 heteroatoms. The summed E-state index contributed by atoms with van der Waals surface area (Å²) < 4.78 is 5.19. The molecule has 0 bridgehead atoms. The zero-order chi connectivity index (χ0) is 18.8. The average Bonchev–Trinajstić information content (AvgIpc) is 3.09. The van der Waals surface area contributed by atoms with Gasteiger partial charge in [0.1, 0.15) is 10.6 Å². The molecule has 25 heavy (non-hydrogen) atoms. The molecule has 1 heterocycles. The van der Waals surface area contributed by atoms with Crippen LogP contribution in [0.25, 0.3) is 0 Å². The van der Waals surface area contributed by atoms with E-state index in [9.17, 15) is 19.2 Å². The number of thiophene rings is 1. The second kappa shape index (κ2) is 9.83. The highest BCUT2D eigenvalue weighted by Crippen LogP contribution is 2.17. The average molecular weight is 365 g/mol. The molecule has 4 N–H and O–H groups in total. The van der Waals surface area contributed by atoms with Crippen LogP contribution in [-0.4, -0.2) is 34.0 Å². The SMILES string of the molecule is NC(=O)C(=O)O.O=C(O)CCc1ccc(OC(=O)c2cccs2)cc1. The predicted molar refractivity (Wildman–Crippen MR) is 88.5 cm³/mol. The Bertz CT molecular complexity index is 726. The summed E-state index contributed by atoms with van der Waals surface area (Å²) in [6, 6.07) is 10.4. The van der Waals surface area contributed by atoms with Gasteiger partial charge in [-0.2, -0.15) is 0 Å². The fourth-order valence-electron chi connectivity index (χ4n) is 1.53. The Morgan fingerprint density at radius 1 is 1.04 bits per heavy atom. The van der Waals surface area contributed by atoms with Crippen LogP contribution in [0.3, 0.4) is 0 Å². The van der Waals surface area contributed by atoms with Gasteiger partial charge in [0.2, 0.25) is 0 Å². The Hall–Kier alpha value is -3.20. The van der Waals surface area contributed by atoms with Crippen LogP contribution in [0.5, 0.6) is 5.75 Å². The summed E-state index contributed by atoms with van der Waals surface area (Å²) >= 11 is 1.32. The van der Waals surface area contributed by atoms with Gasteiger partial charge in [-0.25, -0.2) is 9.59 Å². The minimum Gasteiger partial charge on any atom is -0.481 e. The smallest absolute Gasteiger partial charge is 0.394 e. The fraction of sp³-hybridized carbons (Fsp3) is 0.125. The number of carbonyl (C=O) groups is 4. The molecule has 0 aliphatic rings. The van der Waals surface area contributed by atoms with Gasteiger partial charge in [-0.3, -0.25) is 9.59 Å². The van der Waals surface area contributed by atoms with E-state index in [0.717, 1.165) is 5.56 Å². The summed E-state index contributed by atoms with van der Waals surface area (Å²) in [7, 11) is 0. The second-order valence-electron chi connectivity index (χ2n) is 4.57. The molecular formula is C16H15NO7S. The molecule has 2 aromatic rings. The minimum absolute atomic E-state index is 0.0916. The first-order valence-corrected chi connectivity index (χ1v) is 7.76. The van der Waals surface area contributed by atoms with Crippen molar-refractivity contribution in [1.29, 1.82) is 0 Å². The number of carboxylic acids is 2. The maximum atomic E-state index is 11.7. The van der Waals surface area contributed by atoms with E-state index in [2.05, 4.69) is 5.73 Å². The molecule has 8 nitrogen and oxygen atoms in total. The van der Waals surface area contributed by atoms with E-state index in [1.54, 1.807) is 36.4 Å². The second-order valence-corrected chi connectivity index (χ2v) is 5.52. The molecular weight excluding hydrogens is 350 g/mol. The summed E-state index contributed by atoms with van der Waals surface area (Å²) in [6.45, 7) is 0. The predicted octanol–water partition coefficient (Wildman–Crippen LogP) is 1.54. The van der Waals surface area contributed by atoms with Crippen molar-refractivity contribution in [2.75, 3.05) is 0 Å². The van der Waals surface area contributed by atoms with Crippen LogP contribution in [-0.2, 0) is 20.8 Å². The molecule has 0 radical (unpaired) electrons. The van der Waals surface area contributed by atoms with Crippen molar-refractivity contribution in [2.45, 2.75) is 12.8 Å². The molecule has 1 amide bonds. The molecule has 132 valence electrons. The highest BCUT2D eigenvalue weighted by Gasteiger charge is 2.09. The van der Waals surface area contributed by atoms with Gasteiger partial charge in [0.05, 0.1) is 0 Å². The van der Waals surface area contributed by atoms with Gasteiger partial charge in [0.25, 0.3) is 0 Å². The third-order valence-corrected chi connectivity index (χ3v) is 3.54. The van der Waals surface area contributed by atoms with Crippen LogP contribution in [0.4, 0.5) is 0 Å². The molecule has 0 fully saturated rings. The highest BCUT2D eigenvalue weighted by atomic mass is 32.1. The molecule has 2 rings (SSSR count). The molecule has 0 saturated heterocycles. The number of aliphatic carboxylic acids is 2. The molecule has 0 unspecified atom stereocenters. The van der Waals surface area contributed by atoms with E-state index in [-0.39, 0.29) is 12.4 Å². The number of carboxylic acid groups (broad SMARTS) is 2. The summed E-state index contributed by atoms with van der Waals surface area (Å²) in [5.74, 6) is -3.68. The summed E-state index contributed by atoms with van der Waals surface area (Å²) in [5.41, 5.74) is 5.10. The molecule has 1 aromatic carbocycles. The Labute approximate surface area is 146 Å². The van der Waals surface area contributed by atoms with Crippen LogP contribution in [0.1, 0.15) is 21.7 Å². The number of rotatable bonds is 5. The molecule has 1 aromatic heterocycles. The van der Waals surface area contributed by atoms with Crippen molar-refractivity contribution in [3.8, 4) is 5.75 Å².